The first-order chi connectivity index (χ1) is 13.3. The third-order valence-corrected chi connectivity index (χ3v) is 4.06. The van der Waals surface area contributed by atoms with E-state index in [0.717, 1.165) is 5.56 Å². The van der Waals surface area contributed by atoms with Crippen molar-refractivity contribution in [2.75, 3.05) is 5.32 Å². The summed E-state index contributed by atoms with van der Waals surface area (Å²) in [6.45, 7) is 5.41. The van der Waals surface area contributed by atoms with Gasteiger partial charge in [0.15, 0.2) is 6.10 Å². The molecule has 3 aromatic rings. The van der Waals surface area contributed by atoms with Crippen molar-refractivity contribution in [1.29, 1.82) is 0 Å². The fourth-order valence-electron chi connectivity index (χ4n) is 2.68. The van der Waals surface area contributed by atoms with Gasteiger partial charge in [0.05, 0.1) is 16.3 Å². The van der Waals surface area contributed by atoms with E-state index in [1.54, 1.807) is 38.1 Å². The number of nitrogens with zero attached hydrogens (tertiary/aromatic N) is 3. The molecule has 1 atom stereocenters. The number of hydrogen-bond acceptors (Lipinski definition) is 5. The van der Waals surface area contributed by atoms with E-state index in [-0.39, 0.29) is 11.6 Å². The van der Waals surface area contributed by atoms with Crippen LogP contribution in [0, 0.1) is 24.0 Å². The number of nitro groups is 1. The van der Waals surface area contributed by atoms with Crippen molar-refractivity contribution in [3.63, 3.8) is 0 Å². The van der Waals surface area contributed by atoms with Crippen molar-refractivity contribution in [3.05, 3.63) is 76.0 Å². The SMILES string of the molecule is Cc1cccc(OC(C)C(=O)Nc2cc(C)nn2-c2ccc([N+](=O)[O-])cc2)c1. The molecule has 1 unspecified atom stereocenters. The van der Waals surface area contributed by atoms with Crippen molar-refractivity contribution in [3.8, 4) is 11.4 Å². The van der Waals surface area contributed by atoms with Crippen LogP contribution >= 0.6 is 0 Å². The molecule has 0 aliphatic heterocycles. The van der Waals surface area contributed by atoms with E-state index >= 15 is 0 Å². The minimum atomic E-state index is -0.720. The Hall–Kier alpha value is -3.68. The van der Waals surface area contributed by atoms with Crippen molar-refractivity contribution in [2.24, 2.45) is 0 Å². The smallest absolute Gasteiger partial charge is 0.269 e. The Kier molecular flexibility index (Phi) is 5.39. The second-order valence-electron chi connectivity index (χ2n) is 6.42. The first kappa shape index (κ1) is 19.1. The first-order valence-corrected chi connectivity index (χ1v) is 8.69. The third kappa shape index (κ3) is 4.35. The lowest BCUT2D eigenvalue weighted by molar-refractivity contribution is -0.384. The number of hydrogen-bond donors (Lipinski definition) is 1. The largest absolute Gasteiger partial charge is 0.481 e. The summed E-state index contributed by atoms with van der Waals surface area (Å²) >= 11 is 0. The number of amides is 1. The standard InChI is InChI=1S/C20H20N4O4/c1-13-5-4-6-18(11-13)28-15(3)20(25)21-19-12-14(2)22-23(19)16-7-9-17(10-8-16)24(26)27/h4-12,15H,1-3H3,(H,21,25). The van der Waals surface area contributed by atoms with Crippen molar-refractivity contribution >= 4 is 17.4 Å². The van der Waals surface area contributed by atoms with Crippen LogP contribution in [-0.4, -0.2) is 26.7 Å². The van der Waals surface area contributed by atoms with Gasteiger partial charge in [-0.1, -0.05) is 12.1 Å². The van der Waals surface area contributed by atoms with Crippen LogP contribution in [0.4, 0.5) is 11.5 Å². The predicted molar refractivity (Wildman–Crippen MR) is 105 cm³/mol. The number of anilines is 1. The molecular formula is C20H20N4O4. The quantitative estimate of drug-likeness (QED) is 0.518. The van der Waals surface area contributed by atoms with Gasteiger partial charge >= 0.3 is 0 Å². The van der Waals surface area contributed by atoms with Gasteiger partial charge in [0.25, 0.3) is 11.6 Å². The molecule has 28 heavy (non-hydrogen) atoms. The number of ether oxygens (including phenoxy) is 1. The molecule has 144 valence electrons. The maximum absolute atomic E-state index is 12.6. The van der Waals surface area contributed by atoms with Gasteiger partial charge in [0.1, 0.15) is 11.6 Å². The van der Waals surface area contributed by atoms with Crippen molar-refractivity contribution in [2.45, 2.75) is 26.9 Å². The highest BCUT2D eigenvalue weighted by atomic mass is 16.6. The van der Waals surface area contributed by atoms with Crippen molar-refractivity contribution < 1.29 is 14.5 Å². The summed E-state index contributed by atoms with van der Waals surface area (Å²) in [6, 6.07) is 15.1. The molecule has 0 spiro atoms. The summed E-state index contributed by atoms with van der Waals surface area (Å²) < 4.78 is 7.23. The summed E-state index contributed by atoms with van der Waals surface area (Å²) in [5.74, 6) is 0.739. The lowest BCUT2D eigenvalue weighted by Crippen LogP contribution is -2.31. The predicted octanol–water partition coefficient (Wildman–Crippen LogP) is 3.80. The zero-order chi connectivity index (χ0) is 20.3. The summed E-state index contributed by atoms with van der Waals surface area (Å²) in [5, 5.41) is 18.0. The highest BCUT2D eigenvalue weighted by molar-refractivity contribution is 5.93. The number of rotatable bonds is 6. The van der Waals surface area contributed by atoms with E-state index in [0.29, 0.717) is 22.9 Å². The van der Waals surface area contributed by atoms with E-state index in [4.69, 9.17) is 4.74 Å². The number of non-ortho nitro benzene ring substituents is 1. The van der Waals surface area contributed by atoms with E-state index in [1.807, 2.05) is 25.1 Å². The number of nitro benzene ring substituents is 1. The van der Waals surface area contributed by atoms with Crippen LogP contribution in [-0.2, 0) is 4.79 Å². The number of aryl methyl sites for hydroxylation is 2. The number of nitrogens with one attached hydrogen (secondary N) is 1. The fourth-order valence-corrected chi connectivity index (χ4v) is 2.68. The Balaban J connectivity index is 1.77. The van der Waals surface area contributed by atoms with E-state index < -0.39 is 11.0 Å². The molecule has 8 nitrogen and oxygen atoms in total. The van der Waals surface area contributed by atoms with Gasteiger partial charge in [-0.05, 0) is 50.6 Å². The molecule has 0 radical (unpaired) electrons. The number of carbonyl (C=O) groups excluding carboxylic acids is 1. The van der Waals surface area contributed by atoms with Crippen molar-refractivity contribution in [1.82, 2.24) is 9.78 Å². The molecule has 1 aromatic heterocycles. The van der Waals surface area contributed by atoms with Gasteiger partial charge in [-0.2, -0.15) is 5.10 Å². The molecule has 0 fully saturated rings. The molecule has 3 rings (SSSR count). The zero-order valence-corrected chi connectivity index (χ0v) is 15.7. The zero-order valence-electron chi connectivity index (χ0n) is 15.7. The lowest BCUT2D eigenvalue weighted by atomic mass is 10.2. The Morgan fingerprint density at radius 3 is 2.54 bits per heavy atom. The molecule has 0 saturated heterocycles. The summed E-state index contributed by atoms with van der Waals surface area (Å²) in [5.41, 5.74) is 2.32. The summed E-state index contributed by atoms with van der Waals surface area (Å²) in [7, 11) is 0. The average Bonchev–Trinajstić information content (AvgIpc) is 3.02. The van der Waals surface area contributed by atoms with Crippen LogP contribution < -0.4 is 10.1 Å². The molecule has 2 aromatic carbocycles. The van der Waals surface area contributed by atoms with Gasteiger partial charge in [-0.3, -0.25) is 14.9 Å². The summed E-state index contributed by atoms with van der Waals surface area (Å²) in [4.78, 5) is 22.9. The summed E-state index contributed by atoms with van der Waals surface area (Å²) in [6.07, 6.45) is -0.720. The average molecular weight is 380 g/mol. The van der Waals surface area contributed by atoms with Crippen LogP contribution in [0.1, 0.15) is 18.2 Å². The van der Waals surface area contributed by atoms with Gasteiger partial charge in [-0.25, -0.2) is 4.68 Å². The van der Waals surface area contributed by atoms with Crippen LogP contribution in [0.15, 0.2) is 54.6 Å². The molecule has 1 amide bonds. The van der Waals surface area contributed by atoms with Crippen LogP contribution in [0.25, 0.3) is 5.69 Å². The molecule has 0 aliphatic rings. The molecule has 1 N–H and O–H groups in total. The Bertz CT molecular complexity index is 1010. The molecule has 0 bridgehead atoms. The number of aromatic nitrogens is 2. The molecular weight excluding hydrogens is 360 g/mol. The second-order valence-corrected chi connectivity index (χ2v) is 6.42. The fraction of sp³-hybridized carbons (Fsp3) is 0.200. The topological polar surface area (TPSA) is 99.3 Å². The molecule has 0 saturated carbocycles. The number of carbonyl (C=O) groups is 1. The lowest BCUT2D eigenvalue weighted by Gasteiger charge is -2.15. The van der Waals surface area contributed by atoms with Crippen LogP contribution in [0.2, 0.25) is 0 Å². The van der Waals surface area contributed by atoms with Gasteiger partial charge in [0, 0.05) is 18.2 Å². The molecule has 1 heterocycles. The van der Waals surface area contributed by atoms with E-state index in [1.165, 1.54) is 16.8 Å². The minimum absolute atomic E-state index is 0.0154. The minimum Gasteiger partial charge on any atom is -0.481 e. The van der Waals surface area contributed by atoms with E-state index in [2.05, 4.69) is 10.4 Å². The number of benzene rings is 2. The Morgan fingerprint density at radius 1 is 1.18 bits per heavy atom. The van der Waals surface area contributed by atoms with Crippen LogP contribution in [0.3, 0.4) is 0 Å². The third-order valence-electron chi connectivity index (χ3n) is 4.06. The Labute approximate surface area is 161 Å². The maximum atomic E-state index is 12.6. The Morgan fingerprint density at radius 2 is 1.89 bits per heavy atom. The molecule has 8 heteroatoms. The van der Waals surface area contributed by atoms with Gasteiger partial charge in [0.2, 0.25) is 0 Å². The monoisotopic (exact) mass is 380 g/mol. The molecule has 0 aliphatic carbocycles. The second kappa shape index (κ2) is 7.91. The first-order valence-electron chi connectivity index (χ1n) is 8.69. The van der Waals surface area contributed by atoms with Gasteiger partial charge in [-0.15, -0.1) is 0 Å². The van der Waals surface area contributed by atoms with Gasteiger partial charge < -0.3 is 10.1 Å². The highest BCUT2D eigenvalue weighted by Crippen LogP contribution is 2.21. The maximum Gasteiger partial charge on any atom is 0.269 e. The highest BCUT2D eigenvalue weighted by Gasteiger charge is 2.18. The normalized spacial score (nSPS) is 11.7. The van der Waals surface area contributed by atoms with E-state index in [9.17, 15) is 14.9 Å². The van der Waals surface area contributed by atoms with Crippen LogP contribution in [0.5, 0.6) is 5.75 Å².